The van der Waals surface area contributed by atoms with E-state index in [1.54, 1.807) is 6.20 Å². The lowest BCUT2D eigenvalue weighted by Gasteiger charge is -1.95. The zero-order valence-electron chi connectivity index (χ0n) is 9.94. The Kier molecular flexibility index (Phi) is 2.55. The smallest absolute Gasteiger partial charge is 0.142 e. The van der Waals surface area contributed by atoms with Crippen molar-refractivity contribution in [3.05, 3.63) is 48.0 Å². The van der Waals surface area contributed by atoms with Crippen molar-refractivity contribution in [3.63, 3.8) is 0 Å². The predicted octanol–water partition coefficient (Wildman–Crippen LogP) is 3.33. The van der Waals surface area contributed by atoms with Gasteiger partial charge >= 0.3 is 0 Å². The molecule has 0 atom stereocenters. The van der Waals surface area contributed by atoms with Crippen molar-refractivity contribution < 1.29 is 4.39 Å². The number of aromatic amines is 1. The van der Waals surface area contributed by atoms with E-state index in [0.29, 0.717) is 11.4 Å². The largest absolute Gasteiger partial charge is 0.338 e. The molecule has 0 saturated carbocycles. The quantitative estimate of drug-likeness (QED) is 0.747. The van der Waals surface area contributed by atoms with Crippen LogP contribution in [0.1, 0.15) is 12.5 Å². The van der Waals surface area contributed by atoms with Crippen molar-refractivity contribution in [2.24, 2.45) is 0 Å². The molecule has 3 rings (SSSR count). The highest BCUT2D eigenvalue weighted by atomic mass is 19.1. The number of aryl methyl sites for hydroxylation is 1. The van der Waals surface area contributed by atoms with E-state index >= 15 is 0 Å². The highest BCUT2D eigenvalue weighted by molar-refractivity contribution is 5.79. The normalized spacial score (nSPS) is 11.0. The first-order valence-electron chi connectivity index (χ1n) is 5.86. The standard InChI is InChI=1S/C14H12FN3/c1-2-9-3-4-12-13(5-9)18-14(17-12)10-6-11(15)8-16-7-10/h3-8H,2H2,1H3,(H,17,18). The fraction of sp³-hybridized carbons (Fsp3) is 0.143. The molecular formula is C14H12FN3. The van der Waals surface area contributed by atoms with Gasteiger partial charge in [-0.3, -0.25) is 4.98 Å². The van der Waals surface area contributed by atoms with Crippen molar-refractivity contribution in [2.45, 2.75) is 13.3 Å². The highest BCUT2D eigenvalue weighted by Crippen LogP contribution is 2.21. The molecule has 2 heterocycles. The number of benzene rings is 1. The van der Waals surface area contributed by atoms with Gasteiger partial charge in [-0.2, -0.15) is 0 Å². The number of rotatable bonds is 2. The number of hydrogen-bond donors (Lipinski definition) is 1. The highest BCUT2D eigenvalue weighted by Gasteiger charge is 2.06. The lowest BCUT2D eigenvalue weighted by molar-refractivity contribution is 0.622. The van der Waals surface area contributed by atoms with Crippen LogP contribution in [0.2, 0.25) is 0 Å². The van der Waals surface area contributed by atoms with Gasteiger partial charge in [-0.1, -0.05) is 13.0 Å². The third-order valence-electron chi connectivity index (χ3n) is 2.93. The van der Waals surface area contributed by atoms with Gasteiger partial charge in [-0.25, -0.2) is 9.37 Å². The summed E-state index contributed by atoms with van der Waals surface area (Å²) in [5.74, 6) is 0.285. The van der Waals surface area contributed by atoms with E-state index in [0.717, 1.165) is 17.5 Å². The minimum absolute atomic E-state index is 0.359. The van der Waals surface area contributed by atoms with Gasteiger partial charge in [0.2, 0.25) is 0 Å². The van der Waals surface area contributed by atoms with Gasteiger partial charge in [-0.05, 0) is 30.2 Å². The van der Waals surface area contributed by atoms with E-state index in [9.17, 15) is 4.39 Å². The number of halogens is 1. The first-order chi connectivity index (χ1) is 8.76. The van der Waals surface area contributed by atoms with Gasteiger partial charge in [0.05, 0.1) is 17.2 Å². The van der Waals surface area contributed by atoms with E-state index in [1.165, 1.54) is 17.8 Å². The third kappa shape index (κ3) is 1.86. The number of pyridine rings is 1. The van der Waals surface area contributed by atoms with E-state index in [1.807, 2.05) is 6.07 Å². The van der Waals surface area contributed by atoms with Crippen LogP contribution in [0, 0.1) is 5.82 Å². The lowest BCUT2D eigenvalue weighted by atomic mass is 10.1. The number of nitrogens with one attached hydrogen (secondary N) is 1. The molecule has 3 nitrogen and oxygen atoms in total. The Bertz CT molecular complexity index is 703. The maximum atomic E-state index is 13.1. The van der Waals surface area contributed by atoms with Gasteiger partial charge < -0.3 is 4.98 Å². The Morgan fingerprint density at radius 2 is 2.11 bits per heavy atom. The van der Waals surface area contributed by atoms with Crippen LogP contribution in [0.5, 0.6) is 0 Å². The van der Waals surface area contributed by atoms with E-state index in [4.69, 9.17) is 0 Å². The molecule has 2 aromatic heterocycles. The fourth-order valence-corrected chi connectivity index (χ4v) is 1.95. The SMILES string of the molecule is CCc1ccc2nc(-c3cncc(F)c3)[nH]c2c1. The molecule has 4 heteroatoms. The zero-order chi connectivity index (χ0) is 12.5. The average molecular weight is 241 g/mol. The number of hydrogen-bond acceptors (Lipinski definition) is 2. The molecule has 18 heavy (non-hydrogen) atoms. The van der Waals surface area contributed by atoms with Crippen molar-refractivity contribution in [1.29, 1.82) is 0 Å². The summed E-state index contributed by atoms with van der Waals surface area (Å²) in [6.07, 6.45) is 3.76. The van der Waals surface area contributed by atoms with Crippen molar-refractivity contribution in [1.82, 2.24) is 15.0 Å². The molecule has 0 aliphatic rings. The minimum atomic E-state index is -0.359. The van der Waals surface area contributed by atoms with Gasteiger partial charge in [0, 0.05) is 11.8 Å². The average Bonchev–Trinajstić information content (AvgIpc) is 2.81. The number of H-pyrrole nitrogens is 1. The predicted molar refractivity (Wildman–Crippen MR) is 68.7 cm³/mol. The Morgan fingerprint density at radius 1 is 1.22 bits per heavy atom. The summed E-state index contributed by atoms with van der Waals surface area (Å²) >= 11 is 0. The monoisotopic (exact) mass is 241 g/mol. The number of fused-ring (bicyclic) bond motifs is 1. The van der Waals surface area contributed by atoms with Crippen LogP contribution < -0.4 is 0 Å². The summed E-state index contributed by atoms with van der Waals surface area (Å²) in [5, 5.41) is 0. The molecule has 1 N–H and O–H groups in total. The topological polar surface area (TPSA) is 41.6 Å². The molecule has 90 valence electrons. The Hall–Kier alpha value is -2.23. The van der Waals surface area contributed by atoms with Gasteiger partial charge in [0.15, 0.2) is 0 Å². The maximum absolute atomic E-state index is 13.1. The third-order valence-corrected chi connectivity index (χ3v) is 2.93. The number of aromatic nitrogens is 3. The van der Waals surface area contributed by atoms with Crippen LogP contribution in [-0.2, 0) is 6.42 Å². The minimum Gasteiger partial charge on any atom is -0.338 e. The molecule has 3 aromatic rings. The molecule has 0 amide bonds. The Balaban J connectivity index is 2.13. The van der Waals surface area contributed by atoms with Crippen LogP contribution >= 0.6 is 0 Å². The molecule has 0 unspecified atom stereocenters. The summed E-state index contributed by atoms with van der Waals surface area (Å²) in [6, 6.07) is 7.52. The summed E-state index contributed by atoms with van der Waals surface area (Å²) in [7, 11) is 0. The first kappa shape index (κ1) is 10.9. The molecule has 0 spiro atoms. The van der Waals surface area contributed by atoms with Crippen molar-refractivity contribution in [3.8, 4) is 11.4 Å². The van der Waals surface area contributed by atoms with Crippen LogP contribution in [-0.4, -0.2) is 15.0 Å². The Labute approximate surface area is 104 Å². The second-order valence-electron chi connectivity index (χ2n) is 4.18. The molecule has 0 bridgehead atoms. The number of nitrogens with zero attached hydrogens (tertiary/aromatic N) is 2. The second kappa shape index (κ2) is 4.22. The molecular weight excluding hydrogens is 229 g/mol. The molecule has 0 fully saturated rings. The van der Waals surface area contributed by atoms with Gasteiger partial charge in [0.25, 0.3) is 0 Å². The molecule has 1 aromatic carbocycles. The Morgan fingerprint density at radius 3 is 2.89 bits per heavy atom. The zero-order valence-corrected chi connectivity index (χ0v) is 9.94. The maximum Gasteiger partial charge on any atom is 0.142 e. The van der Waals surface area contributed by atoms with E-state index in [-0.39, 0.29) is 5.82 Å². The van der Waals surface area contributed by atoms with E-state index in [2.05, 4.69) is 34.0 Å². The molecule has 0 aliphatic carbocycles. The van der Waals surface area contributed by atoms with Crippen LogP contribution in [0.25, 0.3) is 22.4 Å². The molecule has 0 radical (unpaired) electrons. The number of imidazole rings is 1. The molecule has 0 saturated heterocycles. The van der Waals surface area contributed by atoms with Crippen LogP contribution in [0.15, 0.2) is 36.7 Å². The summed E-state index contributed by atoms with van der Waals surface area (Å²) in [5.41, 5.74) is 3.75. The second-order valence-corrected chi connectivity index (χ2v) is 4.18. The van der Waals surface area contributed by atoms with Crippen LogP contribution in [0.4, 0.5) is 4.39 Å². The molecule has 0 aliphatic heterocycles. The van der Waals surface area contributed by atoms with E-state index < -0.39 is 0 Å². The summed E-state index contributed by atoms with van der Waals surface area (Å²) in [4.78, 5) is 11.5. The summed E-state index contributed by atoms with van der Waals surface area (Å²) < 4.78 is 13.1. The van der Waals surface area contributed by atoms with Gasteiger partial charge in [0.1, 0.15) is 11.6 Å². The lowest BCUT2D eigenvalue weighted by Crippen LogP contribution is -1.84. The summed E-state index contributed by atoms with van der Waals surface area (Å²) in [6.45, 7) is 2.11. The fourth-order valence-electron chi connectivity index (χ4n) is 1.95. The van der Waals surface area contributed by atoms with Gasteiger partial charge in [-0.15, -0.1) is 0 Å². The van der Waals surface area contributed by atoms with Crippen molar-refractivity contribution >= 4 is 11.0 Å². The van der Waals surface area contributed by atoms with Crippen molar-refractivity contribution in [2.75, 3.05) is 0 Å². The first-order valence-corrected chi connectivity index (χ1v) is 5.86. The van der Waals surface area contributed by atoms with Crippen LogP contribution in [0.3, 0.4) is 0 Å².